The number of hydrogen-bond donors (Lipinski definition) is 0. The lowest BCUT2D eigenvalue weighted by Gasteiger charge is -2.04. The average Bonchev–Trinajstić information content (AvgIpc) is 2.66. The molecule has 0 spiro atoms. The van der Waals surface area contributed by atoms with Gasteiger partial charge in [0.15, 0.2) is 0 Å². The van der Waals surface area contributed by atoms with Gasteiger partial charge in [-0.25, -0.2) is 9.59 Å². The van der Waals surface area contributed by atoms with Crippen LogP contribution in [0.15, 0.2) is 66.4 Å². The first-order chi connectivity index (χ1) is 13.0. The average molecular weight is 431 g/mol. The fraction of sp³-hybridized carbons (Fsp3) is 0.158. The Balaban J connectivity index is 1.97. The fourth-order valence-corrected chi connectivity index (χ4v) is 2.71. The highest BCUT2D eigenvalue weighted by Crippen LogP contribution is 2.32. The largest absolute Gasteiger partial charge is 0.494 e. The molecular formula is C19H15BrN2O5. The Morgan fingerprint density at radius 1 is 1.15 bits per heavy atom. The van der Waals surface area contributed by atoms with Crippen LogP contribution in [0.5, 0.6) is 5.75 Å². The van der Waals surface area contributed by atoms with Gasteiger partial charge in [-0.2, -0.15) is 5.11 Å². The normalized spacial score (nSPS) is 11.1. The van der Waals surface area contributed by atoms with Crippen molar-refractivity contribution < 1.29 is 18.7 Å². The molecule has 0 aliphatic rings. The van der Waals surface area contributed by atoms with Gasteiger partial charge in [-0.05, 0) is 49.4 Å². The Labute approximate surface area is 162 Å². The third-order valence-electron chi connectivity index (χ3n) is 3.63. The van der Waals surface area contributed by atoms with E-state index in [1.807, 2.05) is 6.07 Å². The van der Waals surface area contributed by atoms with Crippen LogP contribution in [-0.2, 0) is 4.74 Å². The van der Waals surface area contributed by atoms with Gasteiger partial charge in [-0.15, -0.1) is 5.11 Å². The van der Waals surface area contributed by atoms with Crippen LogP contribution in [-0.4, -0.2) is 19.7 Å². The van der Waals surface area contributed by atoms with Crippen LogP contribution in [0.3, 0.4) is 0 Å². The minimum absolute atomic E-state index is 0.159. The lowest BCUT2D eigenvalue weighted by molar-refractivity contribution is 0.0522. The number of azo groups is 1. The van der Waals surface area contributed by atoms with Crippen LogP contribution in [0.1, 0.15) is 17.3 Å². The molecule has 0 fully saturated rings. The smallest absolute Gasteiger partial charge is 0.351 e. The molecule has 0 unspecified atom stereocenters. The molecule has 0 amide bonds. The van der Waals surface area contributed by atoms with Crippen LogP contribution in [0.2, 0.25) is 0 Å². The lowest BCUT2D eigenvalue weighted by atomic mass is 10.1. The molecule has 3 aromatic rings. The molecule has 1 aromatic heterocycles. The number of esters is 1. The van der Waals surface area contributed by atoms with Crippen LogP contribution >= 0.6 is 15.9 Å². The summed E-state index contributed by atoms with van der Waals surface area (Å²) in [4.78, 5) is 23.8. The van der Waals surface area contributed by atoms with Crippen LogP contribution in [0, 0.1) is 0 Å². The molecule has 0 saturated heterocycles. The van der Waals surface area contributed by atoms with E-state index in [1.165, 1.54) is 6.07 Å². The monoisotopic (exact) mass is 430 g/mol. The summed E-state index contributed by atoms with van der Waals surface area (Å²) in [6, 6.07) is 11.7. The summed E-state index contributed by atoms with van der Waals surface area (Å²) >= 11 is 3.37. The zero-order valence-corrected chi connectivity index (χ0v) is 16.1. The Bertz CT molecular complexity index is 1090. The summed E-state index contributed by atoms with van der Waals surface area (Å²) in [5.41, 5.74) is 0.528. The molecule has 0 N–H and O–H groups in total. The van der Waals surface area contributed by atoms with E-state index in [-0.39, 0.29) is 12.2 Å². The van der Waals surface area contributed by atoms with E-state index in [1.54, 1.807) is 44.4 Å². The number of hydrogen-bond acceptors (Lipinski definition) is 7. The number of methoxy groups -OCH3 is 1. The maximum absolute atomic E-state index is 11.9. The number of carbonyl (C=O) groups is 1. The van der Waals surface area contributed by atoms with Crippen molar-refractivity contribution in [3.05, 3.63) is 62.9 Å². The summed E-state index contributed by atoms with van der Waals surface area (Å²) < 4.78 is 16.2. The molecule has 7 nitrogen and oxygen atoms in total. The first-order valence-corrected chi connectivity index (χ1v) is 8.81. The number of halogens is 1. The predicted octanol–water partition coefficient (Wildman–Crippen LogP) is 5.16. The van der Waals surface area contributed by atoms with Crippen molar-refractivity contribution in [3.63, 3.8) is 0 Å². The van der Waals surface area contributed by atoms with Crippen LogP contribution in [0.25, 0.3) is 11.0 Å². The van der Waals surface area contributed by atoms with E-state index in [2.05, 4.69) is 26.2 Å². The highest BCUT2D eigenvalue weighted by molar-refractivity contribution is 9.10. The number of nitrogens with zero attached hydrogens (tertiary/aromatic N) is 2. The first-order valence-electron chi connectivity index (χ1n) is 8.02. The van der Waals surface area contributed by atoms with E-state index in [0.29, 0.717) is 28.1 Å². The van der Waals surface area contributed by atoms with E-state index < -0.39 is 11.6 Å². The molecule has 27 heavy (non-hydrogen) atoms. The number of rotatable bonds is 5. The second-order valence-corrected chi connectivity index (χ2v) is 6.32. The van der Waals surface area contributed by atoms with Crippen molar-refractivity contribution in [1.29, 1.82) is 0 Å². The second-order valence-electron chi connectivity index (χ2n) is 5.41. The fourth-order valence-electron chi connectivity index (χ4n) is 2.37. The van der Waals surface area contributed by atoms with Crippen molar-refractivity contribution in [2.24, 2.45) is 10.2 Å². The van der Waals surface area contributed by atoms with Gasteiger partial charge in [0.05, 0.1) is 19.4 Å². The van der Waals surface area contributed by atoms with Gasteiger partial charge in [-0.3, -0.25) is 0 Å². The van der Waals surface area contributed by atoms with Crippen LogP contribution in [0.4, 0.5) is 11.4 Å². The highest BCUT2D eigenvalue weighted by Gasteiger charge is 2.15. The van der Waals surface area contributed by atoms with Gasteiger partial charge < -0.3 is 13.9 Å². The van der Waals surface area contributed by atoms with Crippen molar-refractivity contribution in [2.75, 3.05) is 13.7 Å². The van der Waals surface area contributed by atoms with Gasteiger partial charge in [-0.1, -0.05) is 15.9 Å². The van der Waals surface area contributed by atoms with Gasteiger partial charge >= 0.3 is 11.6 Å². The minimum atomic E-state index is -0.741. The zero-order valence-electron chi connectivity index (χ0n) is 14.6. The Morgan fingerprint density at radius 3 is 2.70 bits per heavy atom. The molecule has 0 aliphatic carbocycles. The summed E-state index contributed by atoms with van der Waals surface area (Å²) in [5.74, 6) is -0.149. The lowest BCUT2D eigenvalue weighted by Crippen LogP contribution is -2.16. The van der Waals surface area contributed by atoms with Gasteiger partial charge in [0, 0.05) is 9.86 Å². The zero-order chi connectivity index (χ0) is 19.4. The summed E-state index contributed by atoms with van der Waals surface area (Å²) in [6.07, 6.45) is 0. The van der Waals surface area contributed by atoms with Gasteiger partial charge in [0.25, 0.3) is 0 Å². The van der Waals surface area contributed by atoms with Crippen molar-refractivity contribution in [2.45, 2.75) is 6.92 Å². The molecule has 138 valence electrons. The molecule has 3 rings (SSSR count). The number of benzene rings is 2. The Hall–Kier alpha value is -3.00. The molecular weight excluding hydrogens is 416 g/mol. The Morgan fingerprint density at radius 2 is 1.96 bits per heavy atom. The third kappa shape index (κ3) is 4.22. The van der Waals surface area contributed by atoms with E-state index in [9.17, 15) is 9.59 Å². The first kappa shape index (κ1) is 18.8. The summed E-state index contributed by atoms with van der Waals surface area (Å²) in [5, 5.41) is 8.93. The Kier molecular flexibility index (Phi) is 5.66. The highest BCUT2D eigenvalue weighted by atomic mass is 79.9. The molecule has 8 heteroatoms. The number of ether oxygens (including phenoxy) is 2. The maximum atomic E-state index is 11.9. The van der Waals surface area contributed by atoms with Crippen molar-refractivity contribution in [1.82, 2.24) is 0 Å². The number of fused-ring (bicyclic) bond motifs is 1. The summed E-state index contributed by atoms with van der Waals surface area (Å²) in [6.45, 7) is 1.83. The summed E-state index contributed by atoms with van der Waals surface area (Å²) in [7, 11) is 1.55. The molecule has 0 aliphatic heterocycles. The molecule has 0 saturated carbocycles. The topological polar surface area (TPSA) is 90.5 Å². The van der Waals surface area contributed by atoms with Crippen LogP contribution < -0.4 is 10.4 Å². The molecule has 1 heterocycles. The van der Waals surface area contributed by atoms with Gasteiger partial charge in [0.2, 0.25) is 0 Å². The van der Waals surface area contributed by atoms with E-state index >= 15 is 0 Å². The SMILES string of the molecule is CCOC(=O)c1cc2cc(N=Nc3ccc(Br)cc3OC)ccc2oc1=O. The van der Waals surface area contributed by atoms with Crippen molar-refractivity contribution in [3.8, 4) is 5.75 Å². The molecule has 2 aromatic carbocycles. The van der Waals surface area contributed by atoms with E-state index in [0.717, 1.165) is 4.47 Å². The molecule has 0 atom stereocenters. The third-order valence-corrected chi connectivity index (χ3v) is 4.12. The standard InChI is InChI=1S/C19H15BrN2O5/c1-3-26-18(23)14-9-11-8-13(5-7-16(11)27-19(14)24)21-22-15-6-4-12(20)10-17(15)25-2/h4-10H,3H2,1-2H3. The minimum Gasteiger partial charge on any atom is -0.494 e. The molecule has 0 bridgehead atoms. The second kappa shape index (κ2) is 8.13. The quantitative estimate of drug-likeness (QED) is 0.316. The maximum Gasteiger partial charge on any atom is 0.351 e. The van der Waals surface area contributed by atoms with Gasteiger partial charge in [0.1, 0.15) is 22.6 Å². The molecule has 0 radical (unpaired) electrons. The van der Waals surface area contributed by atoms with Crippen molar-refractivity contribution >= 4 is 44.2 Å². The number of carbonyl (C=O) groups excluding carboxylic acids is 1. The van der Waals surface area contributed by atoms with E-state index in [4.69, 9.17) is 13.9 Å². The predicted molar refractivity (Wildman–Crippen MR) is 103 cm³/mol.